The van der Waals surface area contributed by atoms with Gasteiger partial charge in [-0.3, -0.25) is 0 Å². The molecule has 0 atom stereocenters. The Labute approximate surface area is 54.5 Å². The van der Waals surface area contributed by atoms with Crippen LogP contribution in [0.25, 0.3) is 0 Å². The molecular weight excluding hydrogens is 114 g/mol. The first kappa shape index (κ1) is 6.20. The van der Waals surface area contributed by atoms with Gasteiger partial charge in [-0.2, -0.15) is 0 Å². The summed E-state index contributed by atoms with van der Waals surface area (Å²) in [5.41, 5.74) is 2.16. The predicted molar refractivity (Wildman–Crippen MR) is 36.6 cm³/mol. The Kier molecular flexibility index (Phi) is 1.47. The third-order valence-electron chi connectivity index (χ3n) is 1.54. The van der Waals surface area contributed by atoms with Crippen LogP contribution in [0.4, 0.5) is 0 Å². The molecule has 9 heavy (non-hydrogen) atoms. The molecule has 1 heterocycles. The summed E-state index contributed by atoms with van der Waals surface area (Å²) in [7, 11) is 0. The highest BCUT2D eigenvalue weighted by atomic mass is 16.3. The van der Waals surface area contributed by atoms with Gasteiger partial charge in [0.25, 0.3) is 0 Å². The van der Waals surface area contributed by atoms with Gasteiger partial charge in [-0.1, -0.05) is 6.92 Å². The fourth-order valence-electron chi connectivity index (χ4n) is 0.984. The molecule has 1 aromatic heterocycles. The van der Waals surface area contributed by atoms with Crippen LogP contribution in [0, 0.1) is 6.92 Å². The van der Waals surface area contributed by atoms with Crippen LogP contribution < -0.4 is 0 Å². The normalized spacial score (nSPS) is 10.0. The number of H-pyrrole nitrogens is 1. The minimum Gasteiger partial charge on any atom is -0.494 e. The Morgan fingerprint density at radius 2 is 2.33 bits per heavy atom. The summed E-state index contributed by atoms with van der Waals surface area (Å²) in [5.74, 6) is 0.315. The molecule has 0 bridgehead atoms. The molecule has 0 saturated heterocycles. The summed E-state index contributed by atoms with van der Waals surface area (Å²) in [5, 5.41) is 9.08. The van der Waals surface area contributed by atoms with Crippen molar-refractivity contribution in [3.63, 3.8) is 0 Å². The third-order valence-corrected chi connectivity index (χ3v) is 1.54. The zero-order valence-electron chi connectivity index (χ0n) is 5.73. The van der Waals surface area contributed by atoms with Crippen molar-refractivity contribution in [3.05, 3.63) is 17.3 Å². The van der Waals surface area contributed by atoms with Gasteiger partial charge in [-0.05, 0) is 18.9 Å². The second-order valence-corrected chi connectivity index (χ2v) is 2.15. The van der Waals surface area contributed by atoms with Crippen LogP contribution in [0.5, 0.6) is 5.88 Å². The van der Waals surface area contributed by atoms with Gasteiger partial charge >= 0.3 is 0 Å². The first-order valence-corrected chi connectivity index (χ1v) is 3.11. The summed E-state index contributed by atoms with van der Waals surface area (Å²) in [6.45, 7) is 4.00. The molecule has 0 aromatic carbocycles. The Morgan fingerprint density at radius 3 is 2.56 bits per heavy atom. The van der Waals surface area contributed by atoms with E-state index in [-0.39, 0.29) is 0 Å². The van der Waals surface area contributed by atoms with Gasteiger partial charge < -0.3 is 10.1 Å². The molecule has 2 heteroatoms. The van der Waals surface area contributed by atoms with Crippen LogP contribution >= 0.6 is 0 Å². The largest absolute Gasteiger partial charge is 0.494 e. The standard InChI is InChI=1S/C7H11NO/c1-3-6-5(2)4-8-7(6)9/h4,8-9H,3H2,1-2H3. The Hall–Kier alpha value is -0.920. The number of rotatable bonds is 1. The average molecular weight is 125 g/mol. The van der Waals surface area contributed by atoms with Crippen LogP contribution in [0.3, 0.4) is 0 Å². The molecular formula is C7H11NO. The molecule has 0 radical (unpaired) electrons. The van der Waals surface area contributed by atoms with E-state index < -0.39 is 0 Å². The van der Waals surface area contributed by atoms with E-state index in [1.54, 1.807) is 0 Å². The molecule has 0 saturated carbocycles. The topological polar surface area (TPSA) is 36.0 Å². The number of aromatic amines is 1. The highest BCUT2D eigenvalue weighted by Crippen LogP contribution is 2.18. The molecule has 0 spiro atoms. The van der Waals surface area contributed by atoms with Crippen LogP contribution in [0.2, 0.25) is 0 Å². The molecule has 50 valence electrons. The lowest BCUT2D eigenvalue weighted by Gasteiger charge is -1.92. The van der Waals surface area contributed by atoms with E-state index in [0.29, 0.717) is 5.88 Å². The van der Waals surface area contributed by atoms with E-state index in [9.17, 15) is 0 Å². The van der Waals surface area contributed by atoms with Crippen molar-refractivity contribution in [1.29, 1.82) is 0 Å². The van der Waals surface area contributed by atoms with Gasteiger partial charge in [-0.25, -0.2) is 0 Å². The first-order chi connectivity index (χ1) is 4.25. The molecule has 1 rings (SSSR count). The van der Waals surface area contributed by atoms with Crippen LogP contribution in [-0.2, 0) is 6.42 Å². The summed E-state index contributed by atoms with van der Waals surface area (Å²) in [6, 6.07) is 0. The van der Waals surface area contributed by atoms with Crippen molar-refractivity contribution in [2.24, 2.45) is 0 Å². The second kappa shape index (κ2) is 2.13. The van der Waals surface area contributed by atoms with Crippen LogP contribution in [0.1, 0.15) is 18.1 Å². The van der Waals surface area contributed by atoms with Crippen molar-refractivity contribution in [2.45, 2.75) is 20.3 Å². The molecule has 0 fully saturated rings. The van der Waals surface area contributed by atoms with E-state index >= 15 is 0 Å². The minimum atomic E-state index is 0.315. The first-order valence-electron chi connectivity index (χ1n) is 3.11. The van der Waals surface area contributed by atoms with E-state index in [4.69, 9.17) is 5.11 Å². The monoisotopic (exact) mass is 125 g/mol. The van der Waals surface area contributed by atoms with Crippen molar-refractivity contribution in [2.75, 3.05) is 0 Å². The smallest absolute Gasteiger partial charge is 0.191 e. The molecule has 1 aromatic rings. The van der Waals surface area contributed by atoms with Crippen molar-refractivity contribution >= 4 is 0 Å². The fourth-order valence-corrected chi connectivity index (χ4v) is 0.984. The summed E-state index contributed by atoms with van der Waals surface area (Å²) in [4.78, 5) is 2.74. The summed E-state index contributed by atoms with van der Waals surface area (Å²) >= 11 is 0. The van der Waals surface area contributed by atoms with Gasteiger partial charge in [0.15, 0.2) is 5.88 Å². The molecule has 2 nitrogen and oxygen atoms in total. The van der Waals surface area contributed by atoms with E-state index in [1.807, 2.05) is 20.0 Å². The van der Waals surface area contributed by atoms with Crippen molar-refractivity contribution in [3.8, 4) is 5.88 Å². The zero-order valence-corrected chi connectivity index (χ0v) is 5.73. The number of aromatic nitrogens is 1. The van der Waals surface area contributed by atoms with Gasteiger partial charge in [0.05, 0.1) is 0 Å². The fraction of sp³-hybridized carbons (Fsp3) is 0.429. The maximum atomic E-state index is 9.08. The zero-order chi connectivity index (χ0) is 6.85. The predicted octanol–water partition coefficient (Wildman–Crippen LogP) is 1.59. The average Bonchev–Trinajstić information content (AvgIpc) is 2.12. The van der Waals surface area contributed by atoms with Crippen molar-refractivity contribution < 1.29 is 5.11 Å². The maximum Gasteiger partial charge on any atom is 0.191 e. The number of aryl methyl sites for hydroxylation is 1. The molecule has 0 aliphatic heterocycles. The van der Waals surface area contributed by atoms with Gasteiger partial charge in [0, 0.05) is 11.8 Å². The van der Waals surface area contributed by atoms with E-state index in [2.05, 4.69) is 4.98 Å². The lowest BCUT2D eigenvalue weighted by Crippen LogP contribution is -1.77. The van der Waals surface area contributed by atoms with Gasteiger partial charge in [0.1, 0.15) is 0 Å². The quantitative estimate of drug-likeness (QED) is 0.587. The molecule has 0 amide bonds. The number of hydrogen-bond donors (Lipinski definition) is 2. The molecule has 0 aliphatic rings. The Morgan fingerprint density at radius 1 is 1.67 bits per heavy atom. The highest BCUT2D eigenvalue weighted by Gasteiger charge is 2.01. The van der Waals surface area contributed by atoms with E-state index in [0.717, 1.165) is 17.5 Å². The SMILES string of the molecule is CCc1c(C)c[nH]c1O. The van der Waals surface area contributed by atoms with Gasteiger partial charge in [0.2, 0.25) is 0 Å². The third kappa shape index (κ3) is 0.922. The number of hydrogen-bond acceptors (Lipinski definition) is 1. The summed E-state index contributed by atoms with van der Waals surface area (Å²) < 4.78 is 0. The number of aromatic hydroxyl groups is 1. The van der Waals surface area contributed by atoms with Crippen LogP contribution in [0.15, 0.2) is 6.20 Å². The minimum absolute atomic E-state index is 0.315. The lowest BCUT2D eigenvalue weighted by molar-refractivity contribution is 0.451. The maximum absolute atomic E-state index is 9.08. The lowest BCUT2D eigenvalue weighted by atomic mass is 10.2. The number of nitrogens with one attached hydrogen (secondary N) is 1. The molecule has 0 unspecified atom stereocenters. The van der Waals surface area contributed by atoms with Crippen molar-refractivity contribution in [1.82, 2.24) is 4.98 Å². The van der Waals surface area contributed by atoms with Gasteiger partial charge in [-0.15, -0.1) is 0 Å². The molecule has 0 aliphatic carbocycles. The Bertz CT molecular complexity index is 183. The second-order valence-electron chi connectivity index (χ2n) is 2.15. The molecule has 2 N–H and O–H groups in total. The summed E-state index contributed by atoms with van der Waals surface area (Å²) in [6.07, 6.45) is 2.70. The van der Waals surface area contributed by atoms with E-state index in [1.165, 1.54) is 0 Å². The highest BCUT2D eigenvalue weighted by molar-refractivity contribution is 5.33. The Balaban J connectivity index is 3.07. The van der Waals surface area contributed by atoms with Crippen LogP contribution in [-0.4, -0.2) is 10.1 Å².